The Kier molecular flexibility index (Phi) is 4.75. The molecule has 0 fully saturated rings. The lowest BCUT2D eigenvalue weighted by molar-refractivity contribution is 0.0996. The Bertz CT molecular complexity index is 1120. The molecule has 2 aromatic heterocycles. The van der Waals surface area contributed by atoms with Gasteiger partial charge in [-0.15, -0.1) is 0 Å². The number of anilines is 1. The highest BCUT2D eigenvalue weighted by Crippen LogP contribution is 2.13. The topological polar surface area (TPSA) is 101 Å². The SMILES string of the molecule is O=C(NCc1cccc(NC(=O)c2ccco2)c1)Nn1cnc2ccccc21. The average molecular weight is 375 g/mol. The first-order chi connectivity index (χ1) is 13.7. The first kappa shape index (κ1) is 17.3. The van der Waals surface area contributed by atoms with Crippen LogP contribution in [0.2, 0.25) is 0 Å². The minimum absolute atomic E-state index is 0.232. The molecule has 0 spiro atoms. The van der Waals surface area contributed by atoms with Gasteiger partial charge in [-0.3, -0.25) is 4.79 Å². The number of nitrogens with zero attached hydrogens (tertiary/aromatic N) is 2. The molecule has 2 aromatic carbocycles. The molecular weight excluding hydrogens is 358 g/mol. The molecule has 28 heavy (non-hydrogen) atoms. The molecule has 3 N–H and O–H groups in total. The molecule has 4 rings (SSSR count). The largest absolute Gasteiger partial charge is 0.459 e. The van der Waals surface area contributed by atoms with E-state index in [1.807, 2.05) is 30.3 Å². The van der Waals surface area contributed by atoms with Crippen molar-refractivity contribution < 1.29 is 14.0 Å². The van der Waals surface area contributed by atoms with E-state index >= 15 is 0 Å². The van der Waals surface area contributed by atoms with E-state index in [4.69, 9.17) is 4.42 Å². The minimum Gasteiger partial charge on any atom is -0.459 e. The number of rotatable bonds is 5. The molecule has 0 aliphatic carbocycles. The summed E-state index contributed by atoms with van der Waals surface area (Å²) in [6.07, 6.45) is 2.99. The van der Waals surface area contributed by atoms with Crippen LogP contribution in [-0.4, -0.2) is 21.6 Å². The molecule has 0 bridgehead atoms. The van der Waals surface area contributed by atoms with Crippen molar-refractivity contribution in [1.82, 2.24) is 15.0 Å². The van der Waals surface area contributed by atoms with Gasteiger partial charge in [-0.25, -0.2) is 19.9 Å². The van der Waals surface area contributed by atoms with E-state index in [9.17, 15) is 9.59 Å². The van der Waals surface area contributed by atoms with Crippen LogP contribution in [0.1, 0.15) is 16.1 Å². The highest BCUT2D eigenvalue weighted by Gasteiger charge is 2.09. The van der Waals surface area contributed by atoms with Crippen LogP contribution in [0.5, 0.6) is 0 Å². The zero-order chi connectivity index (χ0) is 19.3. The van der Waals surface area contributed by atoms with E-state index in [1.54, 1.807) is 41.3 Å². The number of benzene rings is 2. The van der Waals surface area contributed by atoms with E-state index in [2.05, 4.69) is 21.0 Å². The number of imidazole rings is 1. The van der Waals surface area contributed by atoms with Gasteiger partial charge in [0.2, 0.25) is 0 Å². The minimum atomic E-state index is -0.367. The molecule has 3 amide bonds. The van der Waals surface area contributed by atoms with Crippen LogP contribution in [0.25, 0.3) is 11.0 Å². The maximum atomic E-state index is 12.2. The number of amides is 3. The third-order valence-electron chi connectivity index (χ3n) is 4.06. The lowest BCUT2D eigenvalue weighted by Gasteiger charge is -2.10. The Morgan fingerprint density at radius 2 is 1.93 bits per heavy atom. The number of hydrogen-bond acceptors (Lipinski definition) is 4. The number of aromatic nitrogens is 2. The number of hydrogen-bond donors (Lipinski definition) is 3. The standard InChI is InChI=1S/C20H17N5O3/c26-19(18-9-4-10-28-18)23-15-6-3-5-14(11-15)12-21-20(27)24-25-13-22-16-7-1-2-8-17(16)25/h1-11,13H,12H2,(H,23,26)(H2,21,24,27). The highest BCUT2D eigenvalue weighted by molar-refractivity contribution is 6.02. The van der Waals surface area contributed by atoms with Gasteiger partial charge < -0.3 is 15.1 Å². The zero-order valence-corrected chi connectivity index (χ0v) is 14.8. The number of para-hydroxylation sites is 2. The summed E-state index contributed by atoms with van der Waals surface area (Å²) in [5.74, 6) is -0.102. The Morgan fingerprint density at radius 3 is 2.79 bits per heavy atom. The number of furan rings is 1. The molecule has 4 aromatic rings. The Labute approximate surface area is 160 Å². The van der Waals surface area contributed by atoms with Crippen LogP contribution >= 0.6 is 0 Å². The van der Waals surface area contributed by atoms with Gasteiger partial charge in [0, 0.05) is 12.2 Å². The third-order valence-corrected chi connectivity index (χ3v) is 4.06. The fourth-order valence-corrected chi connectivity index (χ4v) is 2.74. The second-order valence-corrected chi connectivity index (χ2v) is 6.03. The smallest absolute Gasteiger partial charge is 0.334 e. The van der Waals surface area contributed by atoms with Crippen LogP contribution in [0.15, 0.2) is 77.7 Å². The highest BCUT2D eigenvalue weighted by atomic mass is 16.3. The monoisotopic (exact) mass is 375 g/mol. The van der Waals surface area contributed by atoms with Crippen molar-refractivity contribution in [3.63, 3.8) is 0 Å². The van der Waals surface area contributed by atoms with Gasteiger partial charge in [0.25, 0.3) is 5.91 Å². The molecule has 2 heterocycles. The van der Waals surface area contributed by atoms with E-state index in [0.29, 0.717) is 12.2 Å². The zero-order valence-electron chi connectivity index (χ0n) is 14.8. The lowest BCUT2D eigenvalue weighted by atomic mass is 10.2. The molecule has 0 atom stereocenters. The van der Waals surface area contributed by atoms with Crippen molar-refractivity contribution in [3.05, 3.63) is 84.6 Å². The normalized spacial score (nSPS) is 10.6. The molecule has 8 heteroatoms. The van der Waals surface area contributed by atoms with Crippen LogP contribution in [0.3, 0.4) is 0 Å². The number of carbonyl (C=O) groups is 2. The van der Waals surface area contributed by atoms with Gasteiger partial charge in [-0.1, -0.05) is 24.3 Å². The summed E-state index contributed by atoms with van der Waals surface area (Å²) in [4.78, 5) is 28.5. The van der Waals surface area contributed by atoms with Crippen molar-refractivity contribution in [3.8, 4) is 0 Å². The molecule has 0 aliphatic heterocycles. The molecule has 0 unspecified atom stereocenters. The Hall–Kier alpha value is -4.07. The van der Waals surface area contributed by atoms with Gasteiger partial charge in [0.05, 0.1) is 17.3 Å². The van der Waals surface area contributed by atoms with Gasteiger partial charge in [0.1, 0.15) is 6.33 Å². The molecule has 8 nitrogen and oxygen atoms in total. The van der Waals surface area contributed by atoms with Gasteiger partial charge in [0.15, 0.2) is 5.76 Å². The third kappa shape index (κ3) is 3.85. The summed E-state index contributed by atoms with van der Waals surface area (Å²) in [5.41, 5.74) is 5.77. The van der Waals surface area contributed by atoms with Gasteiger partial charge >= 0.3 is 6.03 Å². The van der Waals surface area contributed by atoms with Crippen LogP contribution in [0.4, 0.5) is 10.5 Å². The maximum Gasteiger partial charge on any atom is 0.334 e. The predicted octanol–water partition coefficient (Wildman–Crippen LogP) is 3.33. The van der Waals surface area contributed by atoms with Crippen molar-refractivity contribution in [1.29, 1.82) is 0 Å². The molecule has 0 saturated heterocycles. The summed E-state index contributed by atoms with van der Waals surface area (Å²) in [7, 11) is 0. The Balaban J connectivity index is 1.35. The first-order valence-corrected chi connectivity index (χ1v) is 8.60. The molecule has 0 aliphatic rings. The number of carbonyl (C=O) groups excluding carboxylic acids is 2. The quantitative estimate of drug-likeness (QED) is 0.498. The second-order valence-electron chi connectivity index (χ2n) is 6.03. The maximum absolute atomic E-state index is 12.2. The fraction of sp³-hybridized carbons (Fsp3) is 0.0500. The van der Waals surface area contributed by atoms with E-state index < -0.39 is 0 Å². The number of nitrogens with one attached hydrogen (secondary N) is 3. The van der Waals surface area contributed by atoms with Crippen LogP contribution in [0, 0.1) is 0 Å². The fourth-order valence-electron chi connectivity index (χ4n) is 2.74. The molecule has 0 saturated carbocycles. The first-order valence-electron chi connectivity index (χ1n) is 8.60. The average Bonchev–Trinajstić information content (AvgIpc) is 3.38. The molecule has 0 radical (unpaired) electrons. The van der Waals surface area contributed by atoms with E-state index in [1.165, 1.54) is 6.26 Å². The van der Waals surface area contributed by atoms with Gasteiger partial charge in [-0.05, 0) is 42.0 Å². The lowest BCUT2D eigenvalue weighted by Crippen LogP contribution is -2.33. The van der Waals surface area contributed by atoms with Crippen molar-refractivity contribution in [2.75, 3.05) is 10.7 Å². The summed E-state index contributed by atoms with van der Waals surface area (Å²) >= 11 is 0. The van der Waals surface area contributed by atoms with Crippen LogP contribution in [-0.2, 0) is 6.54 Å². The van der Waals surface area contributed by atoms with Crippen molar-refractivity contribution in [2.24, 2.45) is 0 Å². The number of urea groups is 1. The summed E-state index contributed by atoms with van der Waals surface area (Å²) < 4.78 is 6.63. The number of fused-ring (bicyclic) bond motifs is 1. The molecule has 140 valence electrons. The van der Waals surface area contributed by atoms with E-state index in [0.717, 1.165) is 16.6 Å². The van der Waals surface area contributed by atoms with Crippen LogP contribution < -0.4 is 16.1 Å². The van der Waals surface area contributed by atoms with Gasteiger partial charge in [-0.2, -0.15) is 0 Å². The van der Waals surface area contributed by atoms with Crippen molar-refractivity contribution >= 4 is 28.7 Å². The van der Waals surface area contributed by atoms with Crippen molar-refractivity contribution in [2.45, 2.75) is 6.54 Å². The summed E-state index contributed by atoms with van der Waals surface area (Å²) in [5, 5.41) is 5.54. The summed E-state index contributed by atoms with van der Waals surface area (Å²) in [6.45, 7) is 0.295. The Morgan fingerprint density at radius 1 is 1.04 bits per heavy atom. The summed E-state index contributed by atoms with van der Waals surface area (Å²) in [6, 6.07) is 17.6. The second kappa shape index (κ2) is 7.67. The molecular formula is C20H17N5O3. The predicted molar refractivity (Wildman–Crippen MR) is 104 cm³/mol. The van der Waals surface area contributed by atoms with E-state index in [-0.39, 0.29) is 17.7 Å².